The molecule has 0 bridgehead atoms. The Kier molecular flexibility index (Phi) is 5.59. The van der Waals surface area contributed by atoms with Crippen molar-refractivity contribution in [3.63, 3.8) is 0 Å². The van der Waals surface area contributed by atoms with Crippen LogP contribution in [0.4, 0.5) is 4.79 Å². The molecule has 0 aromatic rings. The number of piperazine rings is 1. The molecule has 1 rings (SSSR count). The van der Waals surface area contributed by atoms with Crippen LogP contribution in [-0.4, -0.2) is 53.1 Å². The molecule has 2 amide bonds. The van der Waals surface area contributed by atoms with E-state index in [-0.39, 0.29) is 18.4 Å². The van der Waals surface area contributed by atoms with Gasteiger partial charge in [0.1, 0.15) is 11.6 Å². The van der Waals surface area contributed by atoms with Gasteiger partial charge in [0.15, 0.2) is 0 Å². The Morgan fingerprint density at radius 3 is 2.43 bits per heavy atom. The van der Waals surface area contributed by atoms with Crippen LogP contribution in [-0.2, 0) is 9.53 Å². The van der Waals surface area contributed by atoms with Crippen LogP contribution in [0.2, 0.25) is 0 Å². The van der Waals surface area contributed by atoms with Crippen molar-refractivity contribution in [3.05, 3.63) is 0 Å². The maximum Gasteiger partial charge on any atom is 0.410 e. The molecule has 0 N–H and O–H groups in total. The van der Waals surface area contributed by atoms with Crippen molar-refractivity contribution in [1.82, 2.24) is 9.80 Å². The second-order valence-electron chi connectivity index (χ2n) is 6.76. The first kappa shape index (κ1) is 17.3. The fourth-order valence-corrected chi connectivity index (χ4v) is 2.15. The smallest absolute Gasteiger partial charge is 0.410 e. The lowest BCUT2D eigenvalue weighted by Gasteiger charge is -2.38. The number of hydrogen-bond acceptors (Lipinski definition) is 4. The number of carbonyl (C=O) groups is 2. The average molecular weight is 295 g/mol. The number of carbonyl (C=O) groups excluding carboxylic acids is 2. The third-order valence-corrected chi connectivity index (χ3v) is 3.08. The van der Waals surface area contributed by atoms with Crippen LogP contribution >= 0.6 is 0 Å². The van der Waals surface area contributed by atoms with Crippen molar-refractivity contribution in [2.45, 2.75) is 52.7 Å². The number of amides is 2. The number of nitrogens with zero attached hydrogens (tertiary/aromatic N) is 3. The molecule has 1 aliphatic heterocycles. The van der Waals surface area contributed by atoms with Gasteiger partial charge >= 0.3 is 6.09 Å². The Labute approximate surface area is 126 Å². The van der Waals surface area contributed by atoms with Gasteiger partial charge in [0.05, 0.1) is 12.6 Å². The van der Waals surface area contributed by atoms with Gasteiger partial charge in [-0.15, -0.1) is 0 Å². The molecule has 0 radical (unpaired) electrons. The fourth-order valence-electron chi connectivity index (χ4n) is 2.15. The van der Waals surface area contributed by atoms with E-state index < -0.39 is 17.7 Å². The lowest BCUT2D eigenvalue weighted by Crippen LogP contribution is -2.56. The summed E-state index contributed by atoms with van der Waals surface area (Å²) in [5.74, 6) is 0.223. The Hall–Kier alpha value is -1.77. The van der Waals surface area contributed by atoms with Crippen molar-refractivity contribution in [1.29, 1.82) is 5.26 Å². The second kappa shape index (κ2) is 6.79. The number of rotatable bonds is 2. The average Bonchev–Trinajstić information content (AvgIpc) is 2.35. The maximum absolute atomic E-state index is 12.1. The van der Waals surface area contributed by atoms with Gasteiger partial charge in [0.2, 0.25) is 5.91 Å². The standard InChI is InChI=1S/C15H25N3O3/c1-11(2)8-13(19)18-7-6-17(10-12(18)9-16)14(20)21-15(3,4)5/h11-12H,6-8,10H2,1-5H3/t12-/m1/s1. The second-order valence-corrected chi connectivity index (χ2v) is 6.76. The van der Waals surface area contributed by atoms with Crippen molar-refractivity contribution in [3.8, 4) is 6.07 Å². The predicted molar refractivity (Wildman–Crippen MR) is 78.4 cm³/mol. The van der Waals surface area contributed by atoms with Crippen LogP contribution in [0.1, 0.15) is 41.0 Å². The summed E-state index contributed by atoms with van der Waals surface area (Å²) in [7, 11) is 0. The van der Waals surface area contributed by atoms with Crippen molar-refractivity contribution >= 4 is 12.0 Å². The largest absolute Gasteiger partial charge is 0.444 e. The SMILES string of the molecule is CC(C)CC(=O)N1CCN(C(=O)OC(C)(C)C)C[C@H]1C#N. The van der Waals surface area contributed by atoms with E-state index in [2.05, 4.69) is 6.07 Å². The zero-order valence-electron chi connectivity index (χ0n) is 13.5. The Bertz CT molecular complexity index is 434. The zero-order chi connectivity index (χ0) is 16.2. The molecular formula is C15H25N3O3. The van der Waals surface area contributed by atoms with Gasteiger partial charge in [-0.25, -0.2) is 4.79 Å². The van der Waals surface area contributed by atoms with Gasteiger partial charge in [0, 0.05) is 19.5 Å². The molecule has 0 unspecified atom stereocenters. The number of hydrogen-bond donors (Lipinski definition) is 0. The van der Waals surface area contributed by atoms with E-state index in [1.807, 2.05) is 13.8 Å². The number of nitriles is 1. The molecular weight excluding hydrogens is 270 g/mol. The van der Waals surface area contributed by atoms with Crippen molar-refractivity contribution in [2.24, 2.45) is 5.92 Å². The quantitative estimate of drug-likeness (QED) is 0.781. The molecule has 0 saturated carbocycles. The molecule has 1 saturated heterocycles. The molecule has 0 aromatic carbocycles. The van der Waals surface area contributed by atoms with Gasteiger partial charge in [-0.3, -0.25) is 4.79 Å². The van der Waals surface area contributed by atoms with Crippen LogP contribution in [0.15, 0.2) is 0 Å². The highest BCUT2D eigenvalue weighted by molar-refractivity contribution is 5.78. The Morgan fingerprint density at radius 1 is 1.33 bits per heavy atom. The first-order valence-electron chi connectivity index (χ1n) is 7.31. The minimum absolute atomic E-state index is 0.0274. The van der Waals surface area contributed by atoms with E-state index in [1.165, 1.54) is 4.90 Å². The first-order chi connectivity index (χ1) is 9.64. The summed E-state index contributed by atoms with van der Waals surface area (Å²) in [4.78, 5) is 27.2. The normalized spacial score (nSPS) is 19.4. The molecule has 0 aromatic heterocycles. The lowest BCUT2D eigenvalue weighted by atomic mass is 10.1. The van der Waals surface area contributed by atoms with Crippen LogP contribution in [0.3, 0.4) is 0 Å². The van der Waals surface area contributed by atoms with Gasteiger partial charge in [-0.05, 0) is 26.7 Å². The minimum atomic E-state index is -0.600. The summed E-state index contributed by atoms with van der Waals surface area (Å²) in [6.07, 6.45) is -0.0105. The third kappa shape index (κ3) is 5.25. The van der Waals surface area contributed by atoms with E-state index in [4.69, 9.17) is 4.74 Å². The summed E-state index contributed by atoms with van der Waals surface area (Å²) in [5.41, 5.74) is -0.566. The monoisotopic (exact) mass is 295 g/mol. The topological polar surface area (TPSA) is 73.6 Å². The van der Waals surface area contributed by atoms with Crippen molar-refractivity contribution < 1.29 is 14.3 Å². The van der Waals surface area contributed by atoms with Crippen molar-refractivity contribution in [2.75, 3.05) is 19.6 Å². The molecule has 0 spiro atoms. The fraction of sp³-hybridized carbons (Fsp3) is 0.800. The number of ether oxygens (including phenoxy) is 1. The van der Waals surface area contributed by atoms with E-state index in [0.717, 1.165) is 0 Å². The van der Waals surface area contributed by atoms with Crippen LogP contribution in [0.5, 0.6) is 0 Å². The third-order valence-electron chi connectivity index (χ3n) is 3.08. The summed E-state index contributed by atoms with van der Waals surface area (Å²) < 4.78 is 5.30. The summed E-state index contributed by atoms with van der Waals surface area (Å²) in [6, 6.07) is 1.51. The molecule has 0 aliphatic carbocycles. The molecule has 21 heavy (non-hydrogen) atoms. The highest BCUT2D eigenvalue weighted by Crippen LogP contribution is 2.16. The molecule has 1 aliphatic rings. The Balaban J connectivity index is 2.67. The van der Waals surface area contributed by atoms with Gasteiger partial charge in [-0.2, -0.15) is 5.26 Å². The minimum Gasteiger partial charge on any atom is -0.444 e. The van der Waals surface area contributed by atoms with Crippen LogP contribution < -0.4 is 0 Å². The molecule has 1 atom stereocenters. The highest BCUT2D eigenvalue weighted by atomic mass is 16.6. The summed E-state index contributed by atoms with van der Waals surface area (Å²) in [6.45, 7) is 10.3. The van der Waals surface area contributed by atoms with Crippen LogP contribution in [0.25, 0.3) is 0 Å². The van der Waals surface area contributed by atoms with Gasteiger partial charge in [-0.1, -0.05) is 13.8 Å². The zero-order valence-corrected chi connectivity index (χ0v) is 13.5. The molecule has 6 heteroatoms. The predicted octanol–water partition coefficient (Wildman–Crippen LogP) is 2.00. The van der Waals surface area contributed by atoms with Gasteiger partial charge < -0.3 is 14.5 Å². The van der Waals surface area contributed by atoms with Gasteiger partial charge in [0.25, 0.3) is 0 Å². The molecule has 1 fully saturated rings. The molecule has 6 nitrogen and oxygen atoms in total. The molecule has 1 heterocycles. The lowest BCUT2D eigenvalue weighted by molar-refractivity contribution is -0.135. The van der Waals surface area contributed by atoms with E-state index in [1.54, 1.807) is 25.7 Å². The van der Waals surface area contributed by atoms with E-state index in [0.29, 0.717) is 19.5 Å². The Morgan fingerprint density at radius 2 is 1.95 bits per heavy atom. The molecule has 118 valence electrons. The summed E-state index contributed by atoms with van der Waals surface area (Å²) in [5, 5.41) is 9.25. The summed E-state index contributed by atoms with van der Waals surface area (Å²) >= 11 is 0. The van der Waals surface area contributed by atoms with E-state index >= 15 is 0 Å². The first-order valence-corrected chi connectivity index (χ1v) is 7.31. The maximum atomic E-state index is 12.1. The van der Waals surface area contributed by atoms with E-state index in [9.17, 15) is 14.9 Å². The van der Waals surface area contributed by atoms with Crippen LogP contribution in [0, 0.1) is 17.2 Å². The highest BCUT2D eigenvalue weighted by Gasteiger charge is 2.34.